The minimum Gasteiger partial charge on any atom is -0.480 e. The van der Waals surface area contributed by atoms with Crippen molar-refractivity contribution in [3.05, 3.63) is 35.9 Å². The molecule has 1 aromatic rings. The van der Waals surface area contributed by atoms with Gasteiger partial charge in [0.15, 0.2) is 0 Å². The predicted octanol–water partition coefficient (Wildman–Crippen LogP) is 2.59. The molecule has 1 aromatic carbocycles. The van der Waals surface area contributed by atoms with Crippen LogP contribution in [0.25, 0.3) is 0 Å². The Morgan fingerprint density at radius 2 is 1.82 bits per heavy atom. The number of benzene rings is 1. The van der Waals surface area contributed by atoms with Gasteiger partial charge < -0.3 is 20.5 Å². The lowest BCUT2D eigenvalue weighted by molar-refractivity contribution is -0.142. The van der Waals surface area contributed by atoms with E-state index < -0.39 is 30.1 Å². The summed E-state index contributed by atoms with van der Waals surface area (Å²) in [4.78, 5) is 35.9. The summed E-state index contributed by atoms with van der Waals surface area (Å²) in [6.45, 7) is 3.84. The maximum atomic E-state index is 12.5. The zero-order valence-corrected chi connectivity index (χ0v) is 16.2. The van der Waals surface area contributed by atoms with Gasteiger partial charge in [0.05, 0.1) is 6.07 Å². The average Bonchev–Trinajstić information content (AvgIpc) is 2.65. The number of aliphatic carboxylic acids is 1. The summed E-state index contributed by atoms with van der Waals surface area (Å²) in [5, 5.41) is 22.8. The van der Waals surface area contributed by atoms with Crippen LogP contribution in [0.3, 0.4) is 0 Å². The number of unbranched alkanes of at least 4 members (excludes halogenated alkanes) is 1. The molecular formula is C20H27N3O5. The van der Waals surface area contributed by atoms with Gasteiger partial charge in [0.25, 0.3) is 0 Å². The molecule has 8 nitrogen and oxygen atoms in total. The Morgan fingerprint density at radius 3 is 2.39 bits per heavy atom. The maximum Gasteiger partial charge on any atom is 0.408 e. The van der Waals surface area contributed by atoms with E-state index in [9.17, 15) is 19.5 Å². The van der Waals surface area contributed by atoms with E-state index in [1.54, 1.807) is 0 Å². The summed E-state index contributed by atoms with van der Waals surface area (Å²) in [7, 11) is 0. The molecule has 0 aliphatic heterocycles. The molecule has 0 bridgehead atoms. The molecular weight excluding hydrogens is 362 g/mol. The van der Waals surface area contributed by atoms with E-state index in [4.69, 9.17) is 10.00 Å². The highest BCUT2D eigenvalue weighted by Crippen LogP contribution is 2.08. The number of carboxylic acid groups (broad SMARTS) is 1. The van der Waals surface area contributed by atoms with Gasteiger partial charge in [0, 0.05) is 6.42 Å². The van der Waals surface area contributed by atoms with E-state index in [-0.39, 0.29) is 25.4 Å². The number of carbonyl (C=O) groups excluding carboxylic acids is 2. The average molecular weight is 389 g/mol. The molecule has 2 amide bonds. The third-order valence-corrected chi connectivity index (χ3v) is 3.92. The van der Waals surface area contributed by atoms with Crippen molar-refractivity contribution in [2.45, 2.75) is 58.2 Å². The first-order valence-corrected chi connectivity index (χ1v) is 9.20. The molecule has 0 radical (unpaired) electrons. The van der Waals surface area contributed by atoms with Gasteiger partial charge in [-0.2, -0.15) is 5.26 Å². The van der Waals surface area contributed by atoms with Crippen molar-refractivity contribution in [1.29, 1.82) is 5.26 Å². The minimum absolute atomic E-state index is 0.0641. The normalized spacial score (nSPS) is 12.5. The highest BCUT2D eigenvalue weighted by Gasteiger charge is 2.27. The first-order valence-electron chi connectivity index (χ1n) is 9.20. The zero-order valence-electron chi connectivity index (χ0n) is 16.2. The summed E-state index contributed by atoms with van der Waals surface area (Å²) in [6.07, 6.45) is 0.285. The lowest BCUT2D eigenvalue weighted by Gasteiger charge is -2.22. The van der Waals surface area contributed by atoms with Crippen LogP contribution in [0.5, 0.6) is 0 Å². The summed E-state index contributed by atoms with van der Waals surface area (Å²) >= 11 is 0. The highest BCUT2D eigenvalue weighted by molar-refractivity contribution is 5.89. The molecule has 0 aliphatic rings. The molecule has 1 rings (SSSR count). The Balaban J connectivity index is 2.66. The Labute approximate surface area is 164 Å². The first-order chi connectivity index (χ1) is 13.3. The van der Waals surface area contributed by atoms with Crippen molar-refractivity contribution in [1.82, 2.24) is 10.6 Å². The van der Waals surface area contributed by atoms with Gasteiger partial charge in [0.1, 0.15) is 18.7 Å². The van der Waals surface area contributed by atoms with Crippen molar-refractivity contribution in [3.63, 3.8) is 0 Å². The molecule has 0 heterocycles. The van der Waals surface area contributed by atoms with Crippen LogP contribution in [0, 0.1) is 17.2 Å². The number of nitrogens with one attached hydrogen (secondary N) is 2. The minimum atomic E-state index is -1.18. The lowest BCUT2D eigenvalue weighted by Crippen LogP contribution is -2.52. The van der Waals surface area contributed by atoms with E-state index in [0.717, 1.165) is 5.56 Å². The number of nitrogens with zero attached hydrogens (tertiary/aromatic N) is 1. The fourth-order valence-corrected chi connectivity index (χ4v) is 2.52. The third kappa shape index (κ3) is 9.03. The number of carboxylic acids is 1. The van der Waals surface area contributed by atoms with Gasteiger partial charge in [-0.05, 0) is 30.7 Å². The zero-order chi connectivity index (χ0) is 20.9. The van der Waals surface area contributed by atoms with Crippen molar-refractivity contribution in [2.75, 3.05) is 0 Å². The quantitative estimate of drug-likeness (QED) is 0.499. The fraction of sp³-hybridized carbons (Fsp3) is 0.500. The van der Waals surface area contributed by atoms with Gasteiger partial charge in [-0.15, -0.1) is 0 Å². The van der Waals surface area contributed by atoms with Crippen LogP contribution in [-0.2, 0) is 20.9 Å². The summed E-state index contributed by atoms with van der Waals surface area (Å²) < 4.78 is 5.14. The lowest BCUT2D eigenvalue weighted by atomic mass is 10.0. The number of hydrogen-bond acceptors (Lipinski definition) is 5. The van der Waals surface area contributed by atoms with E-state index >= 15 is 0 Å². The molecule has 0 unspecified atom stereocenters. The van der Waals surface area contributed by atoms with Gasteiger partial charge >= 0.3 is 12.1 Å². The molecule has 0 saturated heterocycles. The van der Waals surface area contributed by atoms with Crippen LogP contribution in [0.2, 0.25) is 0 Å². The summed E-state index contributed by atoms with van der Waals surface area (Å²) in [5.41, 5.74) is 0.811. The predicted molar refractivity (Wildman–Crippen MR) is 102 cm³/mol. The van der Waals surface area contributed by atoms with Crippen LogP contribution < -0.4 is 10.6 Å². The maximum absolute atomic E-state index is 12.5. The molecule has 8 heteroatoms. The second kappa shape index (κ2) is 12.3. The Bertz CT molecular complexity index is 685. The van der Waals surface area contributed by atoms with Gasteiger partial charge in [-0.3, -0.25) is 4.79 Å². The van der Waals surface area contributed by atoms with Crippen molar-refractivity contribution >= 4 is 18.0 Å². The van der Waals surface area contributed by atoms with Gasteiger partial charge in [0.2, 0.25) is 5.91 Å². The molecule has 2 atom stereocenters. The van der Waals surface area contributed by atoms with E-state index in [2.05, 4.69) is 10.6 Å². The number of amides is 2. The number of nitriles is 1. The molecule has 0 aliphatic carbocycles. The number of carbonyl (C=O) groups is 3. The van der Waals surface area contributed by atoms with Crippen molar-refractivity contribution in [3.8, 4) is 6.07 Å². The van der Waals surface area contributed by atoms with Crippen LogP contribution in [0.15, 0.2) is 30.3 Å². The van der Waals surface area contributed by atoms with Gasteiger partial charge in [-0.25, -0.2) is 9.59 Å². The monoisotopic (exact) mass is 389 g/mol. The number of ether oxygens (including phenoxy) is 1. The number of alkyl carbamates (subject to hydrolysis) is 1. The molecule has 28 heavy (non-hydrogen) atoms. The Kier molecular flexibility index (Phi) is 10.1. The van der Waals surface area contributed by atoms with Crippen LogP contribution in [-0.4, -0.2) is 35.2 Å². The first kappa shape index (κ1) is 23.0. The van der Waals surface area contributed by atoms with E-state index in [1.165, 1.54) is 0 Å². The molecule has 152 valence electrons. The summed E-state index contributed by atoms with van der Waals surface area (Å²) in [5.74, 6) is -1.68. The fourth-order valence-electron chi connectivity index (χ4n) is 2.52. The van der Waals surface area contributed by atoms with Crippen molar-refractivity contribution in [2.24, 2.45) is 5.92 Å². The molecule has 3 N–H and O–H groups in total. The largest absolute Gasteiger partial charge is 0.480 e. The van der Waals surface area contributed by atoms with E-state index in [0.29, 0.717) is 12.8 Å². The molecule has 0 spiro atoms. The van der Waals surface area contributed by atoms with Gasteiger partial charge in [-0.1, -0.05) is 44.2 Å². The molecule has 0 saturated carbocycles. The topological polar surface area (TPSA) is 129 Å². The standard InChI is InChI=1S/C20H27N3O5/c1-14(2)12-17(18(24)22-16(19(25)26)10-6-7-11-21)23-20(27)28-13-15-8-4-3-5-9-15/h3-5,8-9,14,16-17H,6-7,10,12-13H2,1-2H3,(H,22,24)(H,23,27)(H,25,26)/t16-,17+/m1/s1. The van der Waals surface area contributed by atoms with Crippen LogP contribution in [0.1, 0.15) is 45.1 Å². The SMILES string of the molecule is CC(C)C[C@H](NC(=O)OCc1ccccc1)C(=O)N[C@H](CCCC#N)C(=O)O. The number of hydrogen-bond donors (Lipinski definition) is 3. The highest BCUT2D eigenvalue weighted by atomic mass is 16.5. The van der Waals surface area contributed by atoms with E-state index in [1.807, 2.05) is 50.2 Å². The van der Waals surface area contributed by atoms with Crippen molar-refractivity contribution < 1.29 is 24.2 Å². The molecule has 0 fully saturated rings. The molecule has 0 aromatic heterocycles. The Morgan fingerprint density at radius 1 is 1.14 bits per heavy atom. The third-order valence-electron chi connectivity index (χ3n) is 3.92. The van der Waals surface area contributed by atoms with Crippen LogP contribution >= 0.6 is 0 Å². The Hall–Kier alpha value is -3.08. The summed E-state index contributed by atoms with van der Waals surface area (Å²) in [6, 6.07) is 9.03. The second-order valence-corrected chi connectivity index (χ2v) is 6.84. The number of rotatable bonds is 11. The second-order valence-electron chi connectivity index (χ2n) is 6.84. The van der Waals surface area contributed by atoms with Crippen LogP contribution in [0.4, 0.5) is 4.79 Å². The smallest absolute Gasteiger partial charge is 0.408 e.